The molecule has 0 saturated carbocycles. The fourth-order valence-corrected chi connectivity index (χ4v) is 2.88. The Balaban J connectivity index is 2.01. The first kappa shape index (κ1) is 12.7. The average Bonchev–Trinajstić information content (AvgIpc) is 2.92. The largest absolute Gasteiger partial charge is 0.399 e. The van der Waals surface area contributed by atoms with E-state index < -0.39 is 0 Å². The van der Waals surface area contributed by atoms with Crippen molar-refractivity contribution in [2.45, 2.75) is 6.92 Å². The molecular formula is C16H15N3S. The van der Waals surface area contributed by atoms with E-state index in [0.717, 1.165) is 21.8 Å². The van der Waals surface area contributed by atoms with Gasteiger partial charge in [0.1, 0.15) is 5.01 Å². The smallest absolute Gasteiger partial charge is 0.126 e. The molecule has 3 rings (SSSR count). The van der Waals surface area contributed by atoms with Gasteiger partial charge in [0.15, 0.2) is 0 Å². The van der Waals surface area contributed by atoms with Crippen LogP contribution in [0.2, 0.25) is 0 Å². The van der Waals surface area contributed by atoms with E-state index >= 15 is 0 Å². The summed E-state index contributed by atoms with van der Waals surface area (Å²) < 4.78 is 0. The molecule has 0 amide bonds. The van der Waals surface area contributed by atoms with E-state index in [-0.39, 0.29) is 0 Å². The van der Waals surface area contributed by atoms with Crippen LogP contribution in [0, 0.1) is 6.92 Å². The van der Waals surface area contributed by atoms with Crippen LogP contribution in [0.25, 0.3) is 21.8 Å². The number of hydrogen-bond acceptors (Lipinski definition) is 4. The van der Waals surface area contributed by atoms with Gasteiger partial charge in [-0.3, -0.25) is 0 Å². The SMILES string of the molecule is Cc1ccc(-c2csc(-c3cc(N)ccc3N)n2)cc1. The molecule has 0 aliphatic carbocycles. The Kier molecular flexibility index (Phi) is 3.16. The number of aromatic nitrogens is 1. The van der Waals surface area contributed by atoms with E-state index in [1.54, 1.807) is 17.4 Å². The van der Waals surface area contributed by atoms with E-state index in [4.69, 9.17) is 11.5 Å². The van der Waals surface area contributed by atoms with Crippen LogP contribution in [-0.4, -0.2) is 4.98 Å². The van der Waals surface area contributed by atoms with Crippen LogP contribution in [0.1, 0.15) is 5.56 Å². The second-order valence-electron chi connectivity index (χ2n) is 4.75. The fraction of sp³-hybridized carbons (Fsp3) is 0.0625. The number of nitrogens with two attached hydrogens (primary N) is 2. The number of nitrogen functional groups attached to an aromatic ring is 2. The quantitative estimate of drug-likeness (QED) is 0.699. The molecule has 4 N–H and O–H groups in total. The standard InChI is InChI=1S/C16H15N3S/c1-10-2-4-11(5-3-10)15-9-20-16(19-15)13-8-12(17)6-7-14(13)18/h2-9H,17-18H2,1H3. The third-order valence-corrected chi connectivity index (χ3v) is 4.03. The minimum absolute atomic E-state index is 0.696. The van der Waals surface area contributed by atoms with E-state index in [1.165, 1.54) is 5.56 Å². The fourth-order valence-electron chi connectivity index (χ4n) is 2.01. The molecule has 20 heavy (non-hydrogen) atoms. The number of hydrogen-bond donors (Lipinski definition) is 2. The third kappa shape index (κ3) is 2.38. The van der Waals surface area contributed by atoms with Crippen LogP contribution in [0.3, 0.4) is 0 Å². The Morgan fingerprint density at radius 2 is 1.75 bits per heavy atom. The first-order valence-electron chi connectivity index (χ1n) is 6.31. The molecule has 0 radical (unpaired) electrons. The summed E-state index contributed by atoms with van der Waals surface area (Å²) in [5, 5.41) is 2.94. The van der Waals surface area contributed by atoms with Gasteiger partial charge in [0, 0.05) is 27.9 Å². The van der Waals surface area contributed by atoms with Crippen molar-refractivity contribution in [2.24, 2.45) is 0 Å². The molecule has 0 bridgehead atoms. The van der Waals surface area contributed by atoms with Crippen LogP contribution in [0.5, 0.6) is 0 Å². The third-order valence-electron chi connectivity index (χ3n) is 3.16. The summed E-state index contributed by atoms with van der Waals surface area (Å²) in [5.41, 5.74) is 17.4. The summed E-state index contributed by atoms with van der Waals surface area (Å²) in [6.07, 6.45) is 0. The maximum atomic E-state index is 6.00. The topological polar surface area (TPSA) is 64.9 Å². The number of benzene rings is 2. The molecule has 0 spiro atoms. The molecule has 1 aromatic heterocycles. The molecule has 3 nitrogen and oxygen atoms in total. The van der Waals surface area contributed by atoms with Gasteiger partial charge in [0.25, 0.3) is 0 Å². The number of anilines is 2. The highest BCUT2D eigenvalue weighted by molar-refractivity contribution is 7.13. The molecule has 0 unspecified atom stereocenters. The van der Waals surface area contributed by atoms with Gasteiger partial charge in [-0.2, -0.15) is 0 Å². The highest BCUT2D eigenvalue weighted by atomic mass is 32.1. The minimum atomic E-state index is 0.696. The second-order valence-corrected chi connectivity index (χ2v) is 5.61. The van der Waals surface area contributed by atoms with Gasteiger partial charge in [0.2, 0.25) is 0 Å². The second kappa shape index (κ2) is 4.98. The van der Waals surface area contributed by atoms with Gasteiger partial charge >= 0.3 is 0 Å². The molecular weight excluding hydrogens is 266 g/mol. The van der Waals surface area contributed by atoms with Crippen molar-refractivity contribution in [3.63, 3.8) is 0 Å². The molecule has 0 saturated heterocycles. The van der Waals surface area contributed by atoms with Crippen molar-refractivity contribution in [3.05, 3.63) is 53.4 Å². The summed E-state index contributed by atoms with van der Waals surface area (Å²) in [5.74, 6) is 0. The summed E-state index contributed by atoms with van der Waals surface area (Å²) >= 11 is 1.58. The molecule has 0 fully saturated rings. The van der Waals surface area contributed by atoms with Gasteiger partial charge in [-0.15, -0.1) is 11.3 Å². The Morgan fingerprint density at radius 1 is 1.00 bits per heavy atom. The van der Waals surface area contributed by atoms with Crippen LogP contribution in [0.15, 0.2) is 47.8 Å². The highest BCUT2D eigenvalue weighted by Crippen LogP contribution is 2.33. The van der Waals surface area contributed by atoms with Crippen LogP contribution in [0.4, 0.5) is 11.4 Å². The summed E-state index contributed by atoms with van der Waals surface area (Å²) in [7, 11) is 0. The number of aryl methyl sites for hydroxylation is 1. The average molecular weight is 281 g/mol. The zero-order chi connectivity index (χ0) is 14.1. The molecule has 0 aliphatic rings. The van der Waals surface area contributed by atoms with Gasteiger partial charge in [-0.1, -0.05) is 29.8 Å². The molecule has 0 aliphatic heterocycles. The van der Waals surface area contributed by atoms with Crippen molar-refractivity contribution in [1.29, 1.82) is 0 Å². The monoisotopic (exact) mass is 281 g/mol. The minimum Gasteiger partial charge on any atom is -0.399 e. The lowest BCUT2D eigenvalue weighted by Crippen LogP contribution is -1.92. The zero-order valence-electron chi connectivity index (χ0n) is 11.1. The van der Waals surface area contributed by atoms with Crippen LogP contribution in [-0.2, 0) is 0 Å². The van der Waals surface area contributed by atoms with E-state index in [1.807, 2.05) is 17.5 Å². The first-order chi connectivity index (χ1) is 9.63. The van der Waals surface area contributed by atoms with Gasteiger partial charge in [0.05, 0.1) is 5.69 Å². The zero-order valence-corrected chi connectivity index (χ0v) is 11.9. The van der Waals surface area contributed by atoms with Gasteiger partial charge in [-0.05, 0) is 25.1 Å². The van der Waals surface area contributed by atoms with Gasteiger partial charge in [-0.25, -0.2) is 4.98 Å². The van der Waals surface area contributed by atoms with Crippen LogP contribution < -0.4 is 11.5 Å². The Bertz CT molecular complexity index is 745. The lowest BCUT2D eigenvalue weighted by atomic mass is 10.1. The van der Waals surface area contributed by atoms with Crippen molar-refractivity contribution in [3.8, 4) is 21.8 Å². The maximum Gasteiger partial charge on any atom is 0.126 e. The van der Waals surface area contributed by atoms with Crippen LogP contribution >= 0.6 is 11.3 Å². The Hall–Kier alpha value is -2.33. The van der Waals surface area contributed by atoms with E-state index in [2.05, 4.69) is 36.2 Å². The van der Waals surface area contributed by atoms with Crippen molar-refractivity contribution >= 4 is 22.7 Å². The summed E-state index contributed by atoms with van der Waals surface area (Å²) in [6, 6.07) is 13.8. The van der Waals surface area contributed by atoms with Crippen molar-refractivity contribution in [1.82, 2.24) is 4.98 Å². The first-order valence-corrected chi connectivity index (χ1v) is 7.19. The molecule has 2 aromatic carbocycles. The molecule has 3 aromatic rings. The van der Waals surface area contributed by atoms with Gasteiger partial charge < -0.3 is 11.5 Å². The highest BCUT2D eigenvalue weighted by Gasteiger charge is 2.09. The normalized spacial score (nSPS) is 10.7. The number of rotatable bonds is 2. The molecule has 0 atom stereocenters. The Morgan fingerprint density at radius 3 is 2.50 bits per heavy atom. The molecule has 1 heterocycles. The lowest BCUT2D eigenvalue weighted by Gasteiger charge is -2.03. The molecule has 100 valence electrons. The van der Waals surface area contributed by atoms with Crippen molar-refractivity contribution in [2.75, 3.05) is 11.5 Å². The Labute approximate surface area is 121 Å². The van der Waals surface area contributed by atoms with Crippen molar-refractivity contribution < 1.29 is 0 Å². The number of thiazole rings is 1. The summed E-state index contributed by atoms with van der Waals surface area (Å²) in [4.78, 5) is 4.67. The predicted molar refractivity (Wildman–Crippen MR) is 86.5 cm³/mol. The summed E-state index contributed by atoms with van der Waals surface area (Å²) in [6.45, 7) is 2.07. The van der Waals surface area contributed by atoms with E-state index in [0.29, 0.717) is 11.4 Å². The molecule has 4 heteroatoms. The lowest BCUT2D eigenvalue weighted by molar-refractivity contribution is 1.39. The number of nitrogens with zero attached hydrogens (tertiary/aromatic N) is 1. The maximum absolute atomic E-state index is 6.00. The van der Waals surface area contributed by atoms with E-state index in [9.17, 15) is 0 Å². The predicted octanol–water partition coefficient (Wildman–Crippen LogP) is 3.95.